The van der Waals surface area contributed by atoms with Gasteiger partial charge in [-0.2, -0.15) is 4.98 Å². The van der Waals surface area contributed by atoms with Crippen LogP contribution in [0.25, 0.3) is 21.9 Å². The number of rotatable bonds is 7. The molecular weight excluding hydrogens is 504 g/mol. The number of methoxy groups -OCH3 is 2. The molecule has 0 spiro atoms. The van der Waals surface area contributed by atoms with Crippen LogP contribution in [0.15, 0.2) is 98.3 Å². The zero-order valence-electron chi connectivity index (χ0n) is 19.1. The van der Waals surface area contributed by atoms with Gasteiger partial charge in [-0.05, 0) is 48.5 Å². The van der Waals surface area contributed by atoms with E-state index in [0.29, 0.717) is 28.0 Å². The largest absolute Gasteiger partial charge is 0.497 e. The quantitative estimate of drug-likeness (QED) is 0.327. The molecule has 0 fully saturated rings. The van der Waals surface area contributed by atoms with Gasteiger partial charge in [0.1, 0.15) is 17.0 Å². The predicted octanol–water partition coefficient (Wildman–Crippen LogP) is 4.63. The number of hydrogen-bond acceptors (Lipinski definition) is 8. The fraction of sp³-hybridized carbons (Fsp3) is 0.0800. The highest BCUT2D eigenvalue weighted by molar-refractivity contribution is 7.93. The number of nitrogens with one attached hydrogen (secondary N) is 1. The third-order valence-electron chi connectivity index (χ3n) is 5.57. The van der Waals surface area contributed by atoms with E-state index in [-0.39, 0.29) is 20.9 Å². The lowest BCUT2D eigenvalue weighted by atomic mass is 10.1. The molecule has 1 N–H and O–H groups in total. The Bertz CT molecular complexity index is 1790. The Balaban J connectivity index is 1.64. The van der Waals surface area contributed by atoms with Crippen molar-refractivity contribution in [3.8, 4) is 11.5 Å². The minimum Gasteiger partial charge on any atom is -0.497 e. The maximum absolute atomic E-state index is 13.4. The first-order valence-electron chi connectivity index (χ1n) is 10.6. The molecular formula is C25H20N2O7S2. The van der Waals surface area contributed by atoms with E-state index in [9.17, 15) is 16.8 Å². The third kappa shape index (κ3) is 4.12. The first-order chi connectivity index (χ1) is 17.2. The number of aromatic nitrogens is 1. The molecule has 11 heteroatoms. The van der Waals surface area contributed by atoms with E-state index in [4.69, 9.17) is 13.9 Å². The standard InChI is InChI=1S/C25H20N2O7S2/c1-32-17-9-7-16(8-10-17)27-36(30,31)23-15-22-24(21-6-4-3-5-20(21)23)26-25(34-22)35(28,29)19-13-11-18(33-2)12-14-19/h3-15,27H,1-2H3. The van der Waals surface area contributed by atoms with Crippen LogP contribution >= 0.6 is 0 Å². The molecule has 0 radical (unpaired) electrons. The summed E-state index contributed by atoms with van der Waals surface area (Å²) in [4.78, 5) is 4.13. The average molecular weight is 525 g/mol. The highest BCUT2D eigenvalue weighted by Crippen LogP contribution is 2.34. The number of sulfonamides is 1. The molecule has 0 atom stereocenters. The summed E-state index contributed by atoms with van der Waals surface area (Å²) >= 11 is 0. The fourth-order valence-corrected chi connectivity index (χ4v) is 6.16. The van der Waals surface area contributed by atoms with Gasteiger partial charge < -0.3 is 13.9 Å². The normalized spacial score (nSPS) is 12.1. The third-order valence-corrected chi connectivity index (χ3v) is 8.52. The summed E-state index contributed by atoms with van der Waals surface area (Å²) in [6.07, 6.45) is 0. The minimum atomic E-state index is -4.11. The molecule has 0 unspecified atom stereocenters. The Morgan fingerprint density at radius 1 is 0.778 bits per heavy atom. The zero-order chi connectivity index (χ0) is 25.5. The number of sulfone groups is 1. The van der Waals surface area contributed by atoms with Crippen LogP contribution < -0.4 is 14.2 Å². The van der Waals surface area contributed by atoms with E-state index >= 15 is 0 Å². The topological polar surface area (TPSA) is 125 Å². The molecule has 0 aliphatic rings. The molecule has 0 aliphatic carbocycles. The van der Waals surface area contributed by atoms with E-state index in [0.717, 1.165) is 0 Å². The number of anilines is 1. The van der Waals surface area contributed by atoms with Crippen molar-refractivity contribution in [3.63, 3.8) is 0 Å². The van der Waals surface area contributed by atoms with Crippen LogP contribution in [-0.4, -0.2) is 36.0 Å². The van der Waals surface area contributed by atoms with Crippen LogP contribution in [0.3, 0.4) is 0 Å². The van der Waals surface area contributed by atoms with Crippen molar-refractivity contribution < 1.29 is 30.7 Å². The number of benzene rings is 4. The second-order valence-electron chi connectivity index (χ2n) is 7.76. The second-order valence-corrected chi connectivity index (χ2v) is 11.2. The number of oxazole rings is 1. The summed E-state index contributed by atoms with van der Waals surface area (Å²) in [6.45, 7) is 0. The number of hydrogen-bond donors (Lipinski definition) is 1. The van der Waals surface area contributed by atoms with E-state index < -0.39 is 25.1 Å². The van der Waals surface area contributed by atoms with Crippen LogP contribution in [0.2, 0.25) is 0 Å². The smallest absolute Gasteiger partial charge is 0.321 e. The summed E-state index contributed by atoms with van der Waals surface area (Å²) in [6, 6.07) is 20.2. The van der Waals surface area contributed by atoms with Crippen LogP contribution in [0.4, 0.5) is 5.69 Å². The molecule has 0 amide bonds. The molecule has 0 aliphatic heterocycles. The summed E-state index contributed by atoms with van der Waals surface area (Å²) in [7, 11) is -5.20. The molecule has 36 heavy (non-hydrogen) atoms. The van der Waals surface area contributed by atoms with Gasteiger partial charge in [-0.3, -0.25) is 4.72 Å². The molecule has 5 rings (SSSR count). The van der Waals surface area contributed by atoms with Crippen molar-refractivity contribution in [1.29, 1.82) is 0 Å². The van der Waals surface area contributed by atoms with Crippen molar-refractivity contribution in [2.75, 3.05) is 18.9 Å². The van der Waals surface area contributed by atoms with Crippen molar-refractivity contribution >= 4 is 47.4 Å². The van der Waals surface area contributed by atoms with Gasteiger partial charge in [-0.1, -0.05) is 24.3 Å². The summed E-state index contributed by atoms with van der Waals surface area (Å²) in [5.41, 5.74) is 0.595. The summed E-state index contributed by atoms with van der Waals surface area (Å²) in [5, 5.41) is 0.267. The Morgan fingerprint density at radius 2 is 1.36 bits per heavy atom. The van der Waals surface area contributed by atoms with Crippen molar-refractivity contribution in [2.24, 2.45) is 0 Å². The lowest BCUT2D eigenvalue weighted by Gasteiger charge is -2.11. The van der Waals surface area contributed by atoms with Crippen LogP contribution in [0, 0.1) is 0 Å². The van der Waals surface area contributed by atoms with Crippen LogP contribution in [0.1, 0.15) is 0 Å². The summed E-state index contributed by atoms with van der Waals surface area (Å²) in [5.74, 6) is 1.08. The first kappa shape index (κ1) is 23.6. The van der Waals surface area contributed by atoms with Gasteiger partial charge in [0, 0.05) is 22.5 Å². The number of fused-ring (bicyclic) bond motifs is 3. The second kappa shape index (κ2) is 8.85. The van der Waals surface area contributed by atoms with Crippen molar-refractivity contribution in [2.45, 2.75) is 15.0 Å². The van der Waals surface area contributed by atoms with Crippen molar-refractivity contribution in [1.82, 2.24) is 4.98 Å². The zero-order valence-corrected chi connectivity index (χ0v) is 20.8. The maximum Gasteiger partial charge on any atom is 0.321 e. The van der Waals surface area contributed by atoms with Crippen LogP contribution in [0.5, 0.6) is 11.5 Å². The van der Waals surface area contributed by atoms with Gasteiger partial charge in [0.05, 0.1) is 24.0 Å². The molecule has 1 aromatic heterocycles. The lowest BCUT2D eigenvalue weighted by molar-refractivity contribution is 0.414. The predicted molar refractivity (Wildman–Crippen MR) is 134 cm³/mol. The van der Waals surface area contributed by atoms with Gasteiger partial charge in [0.2, 0.25) is 0 Å². The molecule has 0 bridgehead atoms. The molecule has 0 saturated carbocycles. The van der Waals surface area contributed by atoms with Gasteiger partial charge in [-0.15, -0.1) is 0 Å². The Hall–Kier alpha value is -4.09. The average Bonchev–Trinajstić information content (AvgIpc) is 3.34. The van der Waals surface area contributed by atoms with Gasteiger partial charge in [0.15, 0.2) is 5.58 Å². The highest BCUT2D eigenvalue weighted by Gasteiger charge is 2.27. The lowest BCUT2D eigenvalue weighted by Crippen LogP contribution is -2.13. The van der Waals surface area contributed by atoms with E-state index in [1.165, 1.54) is 44.6 Å². The summed E-state index contributed by atoms with van der Waals surface area (Å²) < 4.78 is 71.4. The monoisotopic (exact) mass is 524 g/mol. The van der Waals surface area contributed by atoms with E-state index in [1.807, 2.05) is 0 Å². The molecule has 5 aromatic rings. The SMILES string of the molecule is COc1ccc(NS(=O)(=O)c2cc3oc(S(=O)(=O)c4ccc(OC)cc4)nc3c3ccccc23)cc1. The van der Waals surface area contributed by atoms with Gasteiger partial charge >= 0.3 is 5.22 Å². The van der Waals surface area contributed by atoms with Crippen LogP contribution in [-0.2, 0) is 19.9 Å². The minimum absolute atomic E-state index is 0.0240. The first-order valence-corrected chi connectivity index (χ1v) is 13.6. The van der Waals surface area contributed by atoms with Gasteiger partial charge in [0.25, 0.3) is 19.9 Å². The Morgan fingerprint density at radius 3 is 1.97 bits per heavy atom. The molecule has 9 nitrogen and oxygen atoms in total. The highest BCUT2D eigenvalue weighted by atomic mass is 32.2. The Kier molecular flexibility index (Phi) is 5.81. The Labute approximate surface area is 207 Å². The maximum atomic E-state index is 13.4. The van der Waals surface area contributed by atoms with E-state index in [2.05, 4.69) is 9.71 Å². The van der Waals surface area contributed by atoms with Gasteiger partial charge in [-0.25, -0.2) is 16.8 Å². The van der Waals surface area contributed by atoms with E-state index in [1.54, 1.807) is 48.5 Å². The molecule has 1 heterocycles. The molecule has 184 valence electrons. The van der Waals surface area contributed by atoms with Crippen molar-refractivity contribution in [3.05, 3.63) is 78.9 Å². The molecule has 4 aromatic carbocycles. The number of nitrogens with zero attached hydrogens (tertiary/aromatic N) is 1. The fourth-order valence-electron chi connectivity index (χ4n) is 3.77. The number of ether oxygens (including phenoxy) is 2. The molecule has 0 saturated heterocycles.